The fraction of sp³-hybridized carbons (Fsp3) is 0.600. The van der Waals surface area contributed by atoms with Gasteiger partial charge in [0.25, 0.3) is 0 Å². The van der Waals surface area contributed by atoms with Gasteiger partial charge in [-0.2, -0.15) is 0 Å². The van der Waals surface area contributed by atoms with Crippen LogP contribution in [-0.4, -0.2) is 48.2 Å². The molecule has 150 valence electrons. The Hall–Kier alpha value is -2.15. The summed E-state index contributed by atoms with van der Waals surface area (Å²) in [4.78, 5) is 26.7. The molecule has 2 rings (SSSR count). The number of morpholine rings is 1. The number of benzene rings is 1. The summed E-state index contributed by atoms with van der Waals surface area (Å²) < 4.78 is 25.0. The smallest absolute Gasteiger partial charge is 0.408 e. The predicted molar refractivity (Wildman–Crippen MR) is 99.7 cm³/mol. The van der Waals surface area contributed by atoms with Gasteiger partial charge < -0.3 is 19.7 Å². The SMILES string of the molecule is CC(C)C(NC(=O)OC(C)(C)C)C(=O)N1CCOC(c2ccccc2F)C1. The van der Waals surface area contributed by atoms with Gasteiger partial charge >= 0.3 is 6.09 Å². The molecule has 1 aromatic rings. The van der Waals surface area contributed by atoms with Crippen LogP contribution in [0.3, 0.4) is 0 Å². The van der Waals surface area contributed by atoms with E-state index in [9.17, 15) is 14.0 Å². The highest BCUT2D eigenvalue weighted by Crippen LogP contribution is 2.25. The zero-order valence-electron chi connectivity index (χ0n) is 16.6. The van der Waals surface area contributed by atoms with Crippen molar-refractivity contribution < 1.29 is 23.5 Å². The summed E-state index contributed by atoms with van der Waals surface area (Å²) in [6.45, 7) is 9.94. The lowest BCUT2D eigenvalue weighted by molar-refractivity contribution is -0.142. The van der Waals surface area contributed by atoms with Crippen molar-refractivity contribution in [1.82, 2.24) is 10.2 Å². The average Bonchev–Trinajstić information content (AvgIpc) is 2.58. The van der Waals surface area contributed by atoms with Gasteiger partial charge in [0.1, 0.15) is 23.6 Å². The third-order valence-corrected chi connectivity index (χ3v) is 4.24. The zero-order valence-corrected chi connectivity index (χ0v) is 16.6. The number of halogens is 1. The molecular weight excluding hydrogens is 351 g/mol. The highest BCUT2D eigenvalue weighted by molar-refractivity contribution is 5.86. The van der Waals surface area contributed by atoms with E-state index >= 15 is 0 Å². The summed E-state index contributed by atoms with van der Waals surface area (Å²) in [6, 6.07) is 5.67. The summed E-state index contributed by atoms with van der Waals surface area (Å²) in [6.07, 6.45) is -1.16. The van der Waals surface area contributed by atoms with Crippen LogP contribution < -0.4 is 5.32 Å². The molecular formula is C20H29FN2O4. The highest BCUT2D eigenvalue weighted by Gasteiger charge is 2.34. The molecule has 1 N–H and O–H groups in total. The standard InChI is InChI=1S/C20H29FN2O4/c1-13(2)17(22-19(25)27-20(3,4)5)18(24)23-10-11-26-16(12-23)14-8-6-7-9-15(14)21/h6-9,13,16-17H,10-12H2,1-5H3,(H,22,25). The van der Waals surface area contributed by atoms with Crippen LogP contribution in [0.2, 0.25) is 0 Å². The Balaban J connectivity index is 2.08. The van der Waals surface area contributed by atoms with Crippen LogP contribution in [0.25, 0.3) is 0 Å². The number of hydrogen-bond acceptors (Lipinski definition) is 4. The van der Waals surface area contributed by atoms with Crippen molar-refractivity contribution in [1.29, 1.82) is 0 Å². The number of nitrogens with one attached hydrogen (secondary N) is 1. The van der Waals surface area contributed by atoms with Gasteiger partial charge in [-0.25, -0.2) is 9.18 Å². The van der Waals surface area contributed by atoms with Crippen molar-refractivity contribution in [3.8, 4) is 0 Å². The summed E-state index contributed by atoms with van der Waals surface area (Å²) in [7, 11) is 0. The minimum Gasteiger partial charge on any atom is -0.444 e. The molecule has 2 unspecified atom stereocenters. The van der Waals surface area contributed by atoms with Gasteiger partial charge in [0.15, 0.2) is 0 Å². The number of carbonyl (C=O) groups is 2. The van der Waals surface area contributed by atoms with Gasteiger partial charge in [-0.05, 0) is 32.8 Å². The van der Waals surface area contributed by atoms with Crippen LogP contribution >= 0.6 is 0 Å². The second-order valence-corrected chi connectivity index (χ2v) is 8.03. The van der Waals surface area contributed by atoms with E-state index in [0.29, 0.717) is 18.7 Å². The first kappa shape index (κ1) is 21.2. The third kappa shape index (κ3) is 5.92. The Kier molecular flexibility index (Phi) is 6.81. The van der Waals surface area contributed by atoms with E-state index in [2.05, 4.69) is 5.32 Å². The lowest BCUT2D eigenvalue weighted by atomic mass is 10.0. The van der Waals surface area contributed by atoms with Crippen LogP contribution in [0, 0.1) is 11.7 Å². The van der Waals surface area contributed by atoms with Crippen molar-refractivity contribution >= 4 is 12.0 Å². The van der Waals surface area contributed by atoms with Gasteiger partial charge in [0.05, 0.1) is 13.2 Å². The van der Waals surface area contributed by atoms with Gasteiger partial charge in [-0.15, -0.1) is 0 Å². The molecule has 0 aliphatic carbocycles. The van der Waals surface area contributed by atoms with E-state index in [-0.39, 0.29) is 24.2 Å². The Morgan fingerprint density at radius 3 is 2.56 bits per heavy atom. The molecule has 0 radical (unpaired) electrons. The van der Waals surface area contributed by atoms with Crippen molar-refractivity contribution in [2.75, 3.05) is 19.7 Å². The van der Waals surface area contributed by atoms with E-state index in [1.807, 2.05) is 13.8 Å². The zero-order chi connectivity index (χ0) is 20.2. The minimum absolute atomic E-state index is 0.125. The van der Waals surface area contributed by atoms with Crippen molar-refractivity contribution in [2.24, 2.45) is 5.92 Å². The van der Waals surface area contributed by atoms with Crippen molar-refractivity contribution in [2.45, 2.75) is 52.4 Å². The van der Waals surface area contributed by atoms with Crippen molar-refractivity contribution in [3.63, 3.8) is 0 Å². The molecule has 6 nitrogen and oxygen atoms in total. The largest absolute Gasteiger partial charge is 0.444 e. The quantitative estimate of drug-likeness (QED) is 0.870. The molecule has 2 amide bonds. The number of nitrogens with zero attached hydrogens (tertiary/aromatic N) is 1. The Labute approximate surface area is 160 Å². The molecule has 1 aromatic carbocycles. The van der Waals surface area contributed by atoms with Gasteiger partial charge in [0, 0.05) is 12.1 Å². The summed E-state index contributed by atoms with van der Waals surface area (Å²) in [5.41, 5.74) is -0.222. The Morgan fingerprint density at radius 1 is 1.30 bits per heavy atom. The maximum absolute atomic E-state index is 14.1. The van der Waals surface area contributed by atoms with E-state index < -0.39 is 23.8 Å². The molecule has 1 aliphatic heterocycles. The summed E-state index contributed by atoms with van der Waals surface area (Å²) >= 11 is 0. The van der Waals surface area contributed by atoms with Crippen LogP contribution in [0.1, 0.15) is 46.3 Å². The fourth-order valence-corrected chi connectivity index (χ4v) is 2.92. The number of alkyl carbamates (subject to hydrolysis) is 1. The van der Waals surface area contributed by atoms with Crippen molar-refractivity contribution in [3.05, 3.63) is 35.6 Å². The molecule has 0 spiro atoms. The number of rotatable bonds is 4. The molecule has 1 fully saturated rings. The lowest BCUT2D eigenvalue weighted by Crippen LogP contribution is -2.54. The number of carbonyl (C=O) groups excluding carboxylic acids is 2. The first-order chi connectivity index (χ1) is 12.6. The normalized spacial score (nSPS) is 18.9. The van der Waals surface area contributed by atoms with Crippen LogP contribution in [-0.2, 0) is 14.3 Å². The average molecular weight is 380 g/mol. The molecule has 27 heavy (non-hydrogen) atoms. The number of ether oxygens (including phenoxy) is 2. The van der Waals surface area contributed by atoms with Crippen LogP contribution in [0.4, 0.5) is 9.18 Å². The predicted octanol–water partition coefficient (Wildman–Crippen LogP) is 3.27. The van der Waals surface area contributed by atoms with E-state index in [1.165, 1.54) is 6.07 Å². The monoisotopic (exact) mass is 380 g/mol. The second-order valence-electron chi connectivity index (χ2n) is 8.03. The topological polar surface area (TPSA) is 67.9 Å². The third-order valence-electron chi connectivity index (χ3n) is 4.24. The second kappa shape index (κ2) is 8.69. The molecule has 2 atom stereocenters. The molecule has 0 aromatic heterocycles. The molecule has 0 saturated carbocycles. The van der Waals surface area contributed by atoms with Crippen LogP contribution in [0.15, 0.2) is 24.3 Å². The Morgan fingerprint density at radius 2 is 1.96 bits per heavy atom. The van der Waals surface area contributed by atoms with E-state index in [4.69, 9.17) is 9.47 Å². The van der Waals surface area contributed by atoms with E-state index in [0.717, 1.165) is 0 Å². The molecule has 7 heteroatoms. The minimum atomic E-state index is -0.723. The number of hydrogen-bond donors (Lipinski definition) is 1. The maximum Gasteiger partial charge on any atom is 0.408 e. The van der Waals surface area contributed by atoms with Gasteiger partial charge in [-0.1, -0.05) is 32.0 Å². The molecule has 1 saturated heterocycles. The molecule has 1 heterocycles. The lowest BCUT2D eigenvalue weighted by Gasteiger charge is -2.36. The first-order valence-corrected chi connectivity index (χ1v) is 9.23. The van der Waals surface area contributed by atoms with E-state index in [1.54, 1.807) is 43.9 Å². The molecule has 1 aliphatic rings. The first-order valence-electron chi connectivity index (χ1n) is 9.23. The van der Waals surface area contributed by atoms with Crippen LogP contribution in [0.5, 0.6) is 0 Å². The molecule has 0 bridgehead atoms. The van der Waals surface area contributed by atoms with Gasteiger partial charge in [-0.3, -0.25) is 4.79 Å². The maximum atomic E-state index is 14.1. The Bertz CT molecular complexity index is 672. The van der Waals surface area contributed by atoms with Gasteiger partial charge in [0.2, 0.25) is 5.91 Å². The summed E-state index contributed by atoms with van der Waals surface area (Å²) in [5.74, 6) is -0.704. The highest BCUT2D eigenvalue weighted by atomic mass is 19.1. The number of amides is 2. The summed E-state index contributed by atoms with van der Waals surface area (Å²) in [5, 5.41) is 2.67. The fourth-order valence-electron chi connectivity index (χ4n) is 2.92.